The Morgan fingerprint density at radius 2 is 2.11 bits per heavy atom. The lowest BCUT2D eigenvalue weighted by molar-refractivity contribution is -0.385. The zero-order valence-corrected chi connectivity index (χ0v) is 10.5. The van der Waals surface area contributed by atoms with Crippen LogP contribution in [0.15, 0.2) is 17.0 Å². The van der Waals surface area contributed by atoms with Gasteiger partial charge < -0.3 is 9.84 Å². The summed E-state index contributed by atoms with van der Waals surface area (Å²) in [5.74, 6) is -1.63. The molecule has 0 heterocycles. The summed E-state index contributed by atoms with van der Waals surface area (Å²) in [5, 5.41) is 24.1. The number of carbonyl (C=O) groups is 1. The highest BCUT2D eigenvalue weighted by Gasteiger charge is 2.23. The first-order valence-electron chi connectivity index (χ1n) is 4.79. The molecular formula is C9H10N2O7S. The Morgan fingerprint density at radius 3 is 2.53 bits per heavy atom. The summed E-state index contributed by atoms with van der Waals surface area (Å²) < 4.78 is 27.5. The van der Waals surface area contributed by atoms with Crippen LogP contribution in [0.2, 0.25) is 0 Å². The van der Waals surface area contributed by atoms with Gasteiger partial charge in [0.25, 0.3) is 5.69 Å². The molecule has 0 aliphatic heterocycles. The molecule has 104 valence electrons. The molecule has 1 aromatic carbocycles. The number of nitrogens with two attached hydrogens (primary N) is 1. The van der Waals surface area contributed by atoms with Gasteiger partial charge in [0.15, 0.2) is 6.61 Å². The minimum Gasteiger partial charge on any atom is -0.480 e. The van der Waals surface area contributed by atoms with Gasteiger partial charge in [-0.3, -0.25) is 10.1 Å². The normalized spacial score (nSPS) is 11.1. The summed E-state index contributed by atoms with van der Waals surface area (Å²) in [6.45, 7) is 0.556. The lowest BCUT2D eigenvalue weighted by Crippen LogP contribution is -2.17. The molecular weight excluding hydrogens is 280 g/mol. The number of benzene rings is 1. The molecule has 0 fully saturated rings. The molecule has 0 saturated carbocycles. The van der Waals surface area contributed by atoms with Crippen LogP contribution in [0.4, 0.5) is 5.69 Å². The Balaban J connectivity index is 3.44. The van der Waals surface area contributed by atoms with E-state index in [4.69, 9.17) is 15.0 Å². The smallest absolute Gasteiger partial charge is 0.341 e. The molecule has 0 aliphatic rings. The quantitative estimate of drug-likeness (QED) is 0.572. The minimum atomic E-state index is -4.28. The Kier molecular flexibility index (Phi) is 4.07. The fraction of sp³-hybridized carbons (Fsp3) is 0.222. The number of ether oxygens (including phenoxy) is 1. The van der Waals surface area contributed by atoms with Crippen molar-refractivity contribution >= 4 is 21.7 Å². The number of nitro benzene ring substituents is 1. The van der Waals surface area contributed by atoms with E-state index in [2.05, 4.69) is 0 Å². The summed E-state index contributed by atoms with van der Waals surface area (Å²) in [6.07, 6.45) is 0. The van der Waals surface area contributed by atoms with Crippen LogP contribution in [-0.2, 0) is 14.8 Å². The van der Waals surface area contributed by atoms with E-state index in [1.807, 2.05) is 0 Å². The number of primary sulfonamides is 1. The molecule has 0 aliphatic carbocycles. The number of aryl methyl sites for hydroxylation is 1. The number of hydrogen-bond donors (Lipinski definition) is 2. The highest BCUT2D eigenvalue weighted by atomic mass is 32.2. The molecule has 0 saturated heterocycles. The first-order chi connectivity index (χ1) is 8.62. The highest BCUT2D eigenvalue weighted by Crippen LogP contribution is 2.31. The van der Waals surface area contributed by atoms with Crippen molar-refractivity contribution in [2.45, 2.75) is 11.8 Å². The van der Waals surface area contributed by atoms with Crippen molar-refractivity contribution in [3.63, 3.8) is 0 Å². The maximum absolute atomic E-state index is 11.4. The number of sulfonamides is 1. The van der Waals surface area contributed by atoms with E-state index in [-0.39, 0.29) is 11.3 Å². The van der Waals surface area contributed by atoms with Crippen molar-refractivity contribution < 1.29 is 28.0 Å². The summed E-state index contributed by atoms with van der Waals surface area (Å²) in [4.78, 5) is 19.6. The predicted molar refractivity (Wildman–Crippen MR) is 62.3 cm³/mol. The van der Waals surface area contributed by atoms with Crippen molar-refractivity contribution in [3.05, 3.63) is 27.8 Å². The third kappa shape index (κ3) is 3.63. The number of nitro groups is 1. The van der Waals surface area contributed by atoms with Crippen molar-refractivity contribution in [2.75, 3.05) is 6.61 Å². The van der Waals surface area contributed by atoms with Gasteiger partial charge >= 0.3 is 5.97 Å². The van der Waals surface area contributed by atoms with Crippen molar-refractivity contribution in [1.82, 2.24) is 0 Å². The number of non-ortho nitro benzene ring substituents is 1. The predicted octanol–water partition coefficient (Wildman–Crippen LogP) is 0.0140. The van der Waals surface area contributed by atoms with Gasteiger partial charge in [0.2, 0.25) is 10.0 Å². The second-order valence-electron chi connectivity index (χ2n) is 3.57. The molecule has 0 atom stereocenters. The summed E-state index contributed by atoms with van der Waals surface area (Å²) >= 11 is 0. The van der Waals surface area contributed by atoms with E-state index >= 15 is 0 Å². The second-order valence-corrected chi connectivity index (χ2v) is 5.10. The summed E-state index contributed by atoms with van der Waals surface area (Å²) in [6, 6.07) is 1.78. The Morgan fingerprint density at radius 1 is 1.53 bits per heavy atom. The van der Waals surface area contributed by atoms with E-state index in [0.717, 1.165) is 12.1 Å². The monoisotopic (exact) mass is 290 g/mol. The lowest BCUT2D eigenvalue weighted by atomic mass is 10.2. The molecule has 1 aromatic rings. The van der Waals surface area contributed by atoms with Gasteiger partial charge in [0.05, 0.1) is 4.92 Å². The van der Waals surface area contributed by atoms with Gasteiger partial charge in [0, 0.05) is 12.1 Å². The van der Waals surface area contributed by atoms with E-state index in [1.54, 1.807) is 0 Å². The molecule has 0 unspecified atom stereocenters. The van der Waals surface area contributed by atoms with Gasteiger partial charge in [-0.25, -0.2) is 18.4 Å². The van der Waals surface area contributed by atoms with E-state index in [9.17, 15) is 23.3 Å². The molecule has 10 heteroatoms. The van der Waals surface area contributed by atoms with Crippen LogP contribution in [0.25, 0.3) is 0 Å². The van der Waals surface area contributed by atoms with Crippen LogP contribution in [0.5, 0.6) is 5.75 Å². The number of carboxylic acid groups (broad SMARTS) is 1. The van der Waals surface area contributed by atoms with E-state index in [1.165, 1.54) is 6.92 Å². The van der Waals surface area contributed by atoms with E-state index in [0.29, 0.717) is 0 Å². The van der Waals surface area contributed by atoms with E-state index < -0.39 is 38.1 Å². The highest BCUT2D eigenvalue weighted by molar-refractivity contribution is 7.89. The van der Waals surface area contributed by atoms with Gasteiger partial charge in [-0.2, -0.15) is 0 Å². The number of aliphatic carboxylic acids is 1. The molecule has 0 radical (unpaired) electrons. The maximum Gasteiger partial charge on any atom is 0.341 e. The lowest BCUT2D eigenvalue weighted by Gasteiger charge is -2.11. The second kappa shape index (κ2) is 5.20. The van der Waals surface area contributed by atoms with Crippen molar-refractivity contribution in [1.29, 1.82) is 0 Å². The van der Waals surface area contributed by atoms with Crippen LogP contribution >= 0.6 is 0 Å². The maximum atomic E-state index is 11.4. The fourth-order valence-electron chi connectivity index (χ4n) is 1.36. The first-order valence-corrected chi connectivity index (χ1v) is 6.34. The van der Waals surface area contributed by atoms with Crippen LogP contribution in [0.1, 0.15) is 5.56 Å². The number of rotatable bonds is 5. The van der Waals surface area contributed by atoms with Crippen molar-refractivity contribution in [3.8, 4) is 5.75 Å². The Labute approximate surface area is 107 Å². The van der Waals surface area contributed by atoms with Gasteiger partial charge in [-0.05, 0) is 12.5 Å². The Bertz CT molecular complexity index is 638. The number of hydrogen-bond acceptors (Lipinski definition) is 6. The molecule has 0 amide bonds. The topological polar surface area (TPSA) is 150 Å². The van der Waals surface area contributed by atoms with Gasteiger partial charge in [-0.1, -0.05) is 0 Å². The summed E-state index contributed by atoms with van der Waals surface area (Å²) in [7, 11) is -4.28. The molecule has 0 bridgehead atoms. The standard InChI is InChI=1S/C9H10N2O7S/c1-5-2-6(11(14)15)3-7(19(10,16)17)9(5)18-4-8(12)13/h2-3H,4H2,1H3,(H,12,13)(H2,10,16,17). The number of nitrogens with zero attached hydrogens (tertiary/aromatic N) is 1. The summed E-state index contributed by atoms with van der Waals surface area (Å²) in [5.41, 5.74) is -0.385. The molecule has 0 aromatic heterocycles. The minimum absolute atomic E-state index is 0.0967. The van der Waals surface area contributed by atoms with Crippen LogP contribution in [0.3, 0.4) is 0 Å². The number of carboxylic acids is 1. The van der Waals surface area contributed by atoms with Crippen LogP contribution in [-0.4, -0.2) is 31.0 Å². The average Bonchev–Trinajstić information content (AvgIpc) is 2.24. The third-order valence-electron chi connectivity index (χ3n) is 2.08. The van der Waals surface area contributed by atoms with Gasteiger partial charge in [-0.15, -0.1) is 0 Å². The average molecular weight is 290 g/mol. The molecule has 3 N–H and O–H groups in total. The zero-order chi connectivity index (χ0) is 14.8. The first kappa shape index (κ1) is 14.9. The Hall–Kier alpha value is -2.20. The third-order valence-corrected chi connectivity index (χ3v) is 3.00. The SMILES string of the molecule is Cc1cc([N+](=O)[O-])cc(S(N)(=O)=O)c1OCC(=O)O. The molecule has 9 nitrogen and oxygen atoms in total. The van der Waals surface area contributed by atoms with Gasteiger partial charge in [0.1, 0.15) is 10.6 Å². The van der Waals surface area contributed by atoms with Crippen LogP contribution in [0, 0.1) is 17.0 Å². The molecule has 19 heavy (non-hydrogen) atoms. The van der Waals surface area contributed by atoms with Crippen LogP contribution < -0.4 is 9.88 Å². The molecule has 0 spiro atoms. The van der Waals surface area contributed by atoms with Crippen molar-refractivity contribution in [2.24, 2.45) is 5.14 Å². The zero-order valence-electron chi connectivity index (χ0n) is 9.69. The molecule has 1 rings (SSSR count). The fourth-order valence-corrected chi connectivity index (χ4v) is 2.12. The largest absolute Gasteiger partial charge is 0.480 e.